The largest absolute Gasteiger partial charge is 0.507 e. The second-order valence-corrected chi connectivity index (χ2v) is 5.77. The highest BCUT2D eigenvalue weighted by Gasteiger charge is 2.10. The summed E-state index contributed by atoms with van der Waals surface area (Å²) in [6.45, 7) is 5.96. The van der Waals surface area contributed by atoms with Crippen LogP contribution in [0.5, 0.6) is 5.75 Å². The Kier molecular flexibility index (Phi) is 4.96. The quantitative estimate of drug-likeness (QED) is 0.857. The Morgan fingerprint density at radius 3 is 2.62 bits per heavy atom. The Balaban J connectivity index is 2.11. The third-order valence-electron chi connectivity index (χ3n) is 3.18. The van der Waals surface area contributed by atoms with Crippen LogP contribution in [0.25, 0.3) is 10.6 Å². The highest BCUT2D eigenvalue weighted by Crippen LogP contribution is 2.31. The number of thiazole rings is 1. The molecule has 0 radical (unpaired) electrons. The predicted molar refractivity (Wildman–Crippen MR) is 83.6 cm³/mol. The number of aryl methyl sites for hydroxylation is 3. The van der Waals surface area contributed by atoms with Gasteiger partial charge < -0.3 is 9.84 Å². The van der Waals surface area contributed by atoms with Crippen LogP contribution in [-0.2, 0) is 16.0 Å². The van der Waals surface area contributed by atoms with Gasteiger partial charge >= 0.3 is 5.97 Å². The zero-order chi connectivity index (χ0) is 15.4. The first-order valence-corrected chi connectivity index (χ1v) is 7.79. The van der Waals surface area contributed by atoms with Gasteiger partial charge in [-0.15, -0.1) is 11.3 Å². The first kappa shape index (κ1) is 15.5. The van der Waals surface area contributed by atoms with Crippen LogP contribution in [0, 0.1) is 13.8 Å². The minimum atomic E-state index is -0.191. The summed E-state index contributed by atoms with van der Waals surface area (Å²) in [5, 5.41) is 12.7. The van der Waals surface area contributed by atoms with Gasteiger partial charge in [0.25, 0.3) is 0 Å². The van der Waals surface area contributed by atoms with Gasteiger partial charge in [0.05, 0.1) is 18.7 Å². The fraction of sp³-hybridized carbons (Fsp3) is 0.375. The van der Waals surface area contributed by atoms with Gasteiger partial charge in [-0.05, 0) is 44.0 Å². The van der Waals surface area contributed by atoms with Crippen molar-refractivity contribution in [3.63, 3.8) is 0 Å². The molecular weight excluding hydrogens is 286 g/mol. The van der Waals surface area contributed by atoms with E-state index < -0.39 is 0 Å². The van der Waals surface area contributed by atoms with Crippen molar-refractivity contribution >= 4 is 17.3 Å². The van der Waals surface area contributed by atoms with Crippen molar-refractivity contribution in [2.45, 2.75) is 33.6 Å². The van der Waals surface area contributed by atoms with Crippen molar-refractivity contribution < 1.29 is 14.6 Å². The van der Waals surface area contributed by atoms with Crippen LogP contribution in [0.15, 0.2) is 17.5 Å². The molecular formula is C16H19NO3S. The topological polar surface area (TPSA) is 59.4 Å². The van der Waals surface area contributed by atoms with Gasteiger partial charge in [0, 0.05) is 17.4 Å². The van der Waals surface area contributed by atoms with E-state index in [1.54, 1.807) is 18.3 Å². The van der Waals surface area contributed by atoms with E-state index in [4.69, 9.17) is 4.74 Å². The van der Waals surface area contributed by atoms with E-state index >= 15 is 0 Å². The van der Waals surface area contributed by atoms with Crippen molar-refractivity contribution in [3.05, 3.63) is 34.3 Å². The molecule has 0 saturated carbocycles. The van der Waals surface area contributed by atoms with E-state index in [1.165, 1.54) is 0 Å². The summed E-state index contributed by atoms with van der Waals surface area (Å²) in [6.07, 6.45) is 0.941. The highest BCUT2D eigenvalue weighted by atomic mass is 32.1. The molecule has 112 valence electrons. The number of hydrogen-bond acceptors (Lipinski definition) is 5. The lowest BCUT2D eigenvalue weighted by Gasteiger charge is -2.05. The van der Waals surface area contributed by atoms with Crippen molar-refractivity contribution in [1.82, 2.24) is 4.98 Å². The summed E-state index contributed by atoms with van der Waals surface area (Å²) in [4.78, 5) is 15.9. The summed E-state index contributed by atoms with van der Waals surface area (Å²) < 4.78 is 4.91. The number of carbonyl (C=O) groups excluding carboxylic acids is 1. The van der Waals surface area contributed by atoms with Gasteiger partial charge in [0.1, 0.15) is 10.8 Å². The molecule has 0 atom stereocenters. The molecule has 4 nitrogen and oxygen atoms in total. The van der Waals surface area contributed by atoms with Crippen LogP contribution < -0.4 is 0 Å². The highest BCUT2D eigenvalue weighted by molar-refractivity contribution is 7.13. The number of rotatable bonds is 5. The number of phenolic OH excluding ortho intramolecular Hbond substituents is 1. The summed E-state index contributed by atoms with van der Waals surface area (Å²) in [6, 6.07) is 3.85. The lowest BCUT2D eigenvalue weighted by Crippen LogP contribution is -2.05. The van der Waals surface area contributed by atoms with Crippen molar-refractivity contribution in [2.75, 3.05) is 6.61 Å². The molecule has 0 saturated heterocycles. The third kappa shape index (κ3) is 3.82. The molecule has 1 heterocycles. The lowest BCUT2D eigenvalue weighted by molar-refractivity contribution is -0.143. The number of benzene rings is 1. The molecule has 0 aliphatic heterocycles. The molecule has 2 rings (SSSR count). The van der Waals surface area contributed by atoms with E-state index in [1.807, 2.05) is 31.4 Å². The Morgan fingerprint density at radius 1 is 1.33 bits per heavy atom. The van der Waals surface area contributed by atoms with Gasteiger partial charge in [-0.25, -0.2) is 4.98 Å². The lowest BCUT2D eigenvalue weighted by atomic mass is 10.1. The molecule has 0 aliphatic rings. The molecule has 0 spiro atoms. The average molecular weight is 305 g/mol. The summed E-state index contributed by atoms with van der Waals surface area (Å²) >= 11 is 1.55. The number of ether oxygens (including phenoxy) is 1. The normalized spacial score (nSPS) is 10.6. The molecule has 5 heteroatoms. The number of aromatic nitrogens is 1. The molecule has 0 aliphatic carbocycles. The minimum Gasteiger partial charge on any atom is -0.507 e. The maximum absolute atomic E-state index is 11.3. The fourth-order valence-corrected chi connectivity index (χ4v) is 2.94. The number of aromatic hydroxyl groups is 1. The summed E-state index contributed by atoms with van der Waals surface area (Å²) in [5.41, 5.74) is 3.57. The second kappa shape index (κ2) is 6.72. The van der Waals surface area contributed by atoms with Gasteiger partial charge in [0.2, 0.25) is 0 Å². The Morgan fingerprint density at radius 2 is 2.00 bits per heavy atom. The first-order valence-electron chi connectivity index (χ1n) is 6.92. The molecule has 0 amide bonds. The number of carbonyl (C=O) groups is 1. The Bertz CT molecular complexity index is 626. The maximum Gasteiger partial charge on any atom is 0.306 e. The van der Waals surface area contributed by atoms with Crippen LogP contribution in [0.1, 0.15) is 30.2 Å². The molecule has 0 bridgehead atoms. The number of esters is 1. The van der Waals surface area contributed by atoms with Crippen LogP contribution in [0.3, 0.4) is 0 Å². The van der Waals surface area contributed by atoms with Gasteiger partial charge in [0.15, 0.2) is 0 Å². The van der Waals surface area contributed by atoms with Crippen LogP contribution in [-0.4, -0.2) is 22.7 Å². The third-order valence-corrected chi connectivity index (χ3v) is 4.12. The summed E-state index contributed by atoms with van der Waals surface area (Å²) in [5.74, 6) is 0.140. The van der Waals surface area contributed by atoms with Gasteiger partial charge in [-0.3, -0.25) is 4.79 Å². The SMILES string of the molecule is CCOC(=O)CCc1csc(-c2cc(C)c(O)c(C)c2)n1. The van der Waals surface area contributed by atoms with Crippen LogP contribution in [0.2, 0.25) is 0 Å². The van der Waals surface area contributed by atoms with Crippen molar-refractivity contribution in [1.29, 1.82) is 0 Å². The molecule has 1 aromatic carbocycles. The zero-order valence-corrected chi connectivity index (χ0v) is 13.3. The zero-order valence-electron chi connectivity index (χ0n) is 12.5. The van der Waals surface area contributed by atoms with Crippen molar-refractivity contribution in [2.24, 2.45) is 0 Å². The molecule has 21 heavy (non-hydrogen) atoms. The van der Waals surface area contributed by atoms with E-state index in [2.05, 4.69) is 4.98 Å². The van der Waals surface area contributed by atoms with Crippen LogP contribution in [0.4, 0.5) is 0 Å². The van der Waals surface area contributed by atoms with Gasteiger partial charge in [-0.2, -0.15) is 0 Å². The molecule has 0 unspecified atom stereocenters. The molecule has 1 aromatic heterocycles. The number of phenols is 1. The summed E-state index contributed by atoms with van der Waals surface area (Å²) in [7, 11) is 0. The number of hydrogen-bond donors (Lipinski definition) is 1. The Labute approximate surface area is 128 Å². The van der Waals surface area contributed by atoms with Crippen LogP contribution >= 0.6 is 11.3 Å². The fourth-order valence-electron chi connectivity index (χ4n) is 2.10. The molecule has 0 fully saturated rings. The van der Waals surface area contributed by atoms with E-state index in [-0.39, 0.29) is 5.97 Å². The smallest absolute Gasteiger partial charge is 0.306 e. The second-order valence-electron chi connectivity index (χ2n) is 4.91. The van der Waals surface area contributed by atoms with Gasteiger partial charge in [-0.1, -0.05) is 0 Å². The standard InChI is InChI=1S/C16H19NO3S/c1-4-20-14(18)6-5-13-9-21-16(17-13)12-7-10(2)15(19)11(3)8-12/h7-9,19H,4-6H2,1-3H3. The average Bonchev–Trinajstić information content (AvgIpc) is 2.91. The molecule has 1 N–H and O–H groups in total. The molecule has 2 aromatic rings. The van der Waals surface area contributed by atoms with E-state index in [9.17, 15) is 9.90 Å². The maximum atomic E-state index is 11.3. The van der Waals surface area contributed by atoms with E-state index in [0.717, 1.165) is 27.4 Å². The Hall–Kier alpha value is -1.88. The monoisotopic (exact) mass is 305 g/mol. The first-order chi connectivity index (χ1) is 10.0. The predicted octanol–water partition coefficient (Wildman–Crippen LogP) is 3.63. The number of nitrogens with zero attached hydrogens (tertiary/aromatic N) is 1. The van der Waals surface area contributed by atoms with E-state index in [0.29, 0.717) is 25.2 Å². The minimum absolute atomic E-state index is 0.191. The van der Waals surface area contributed by atoms with Crippen molar-refractivity contribution in [3.8, 4) is 16.3 Å².